The summed E-state index contributed by atoms with van der Waals surface area (Å²) in [6.07, 6.45) is -0.0419. The fourth-order valence-electron chi connectivity index (χ4n) is 4.64. The predicted octanol–water partition coefficient (Wildman–Crippen LogP) is 4.87. The number of methoxy groups -OCH3 is 1. The fourth-order valence-corrected chi connectivity index (χ4v) is 4.64. The zero-order chi connectivity index (χ0) is 24.7. The van der Waals surface area contributed by atoms with Gasteiger partial charge in [-0.25, -0.2) is 0 Å². The summed E-state index contributed by atoms with van der Waals surface area (Å²) in [5, 5.41) is 7.21. The van der Waals surface area contributed by atoms with E-state index in [1.54, 1.807) is 49.6 Å². The van der Waals surface area contributed by atoms with E-state index >= 15 is 0 Å². The first-order valence-electron chi connectivity index (χ1n) is 11.5. The van der Waals surface area contributed by atoms with Crippen LogP contribution in [0.3, 0.4) is 0 Å². The number of oxime groups is 1. The van der Waals surface area contributed by atoms with E-state index in [4.69, 9.17) is 14.3 Å². The Morgan fingerprint density at radius 2 is 1.80 bits per heavy atom. The lowest BCUT2D eigenvalue weighted by atomic mass is 9.74. The Hall–Kier alpha value is -4.13. The molecule has 0 bridgehead atoms. The highest BCUT2D eigenvalue weighted by Crippen LogP contribution is 2.50. The molecular formula is C28H26N2O5. The van der Waals surface area contributed by atoms with Crippen LogP contribution in [0, 0.1) is 12.8 Å². The zero-order valence-corrected chi connectivity index (χ0v) is 20.0. The normalized spacial score (nSPS) is 20.3. The second-order valence-corrected chi connectivity index (χ2v) is 9.00. The van der Waals surface area contributed by atoms with Crippen molar-refractivity contribution in [3.8, 4) is 11.5 Å². The fraction of sp³-hybridized carbons (Fsp3) is 0.250. The van der Waals surface area contributed by atoms with Crippen LogP contribution < -0.4 is 14.8 Å². The van der Waals surface area contributed by atoms with E-state index in [9.17, 15) is 9.59 Å². The van der Waals surface area contributed by atoms with Crippen LogP contribution in [0.5, 0.6) is 11.5 Å². The van der Waals surface area contributed by atoms with Crippen molar-refractivity contribution in [2.24, 2.45) is 11.1 Å². The lowest BCUT2D eigenvalue weighted by molar-refractivity contribution is -0.140. The number of nitrogens with zero attached hydrogens (tertiary/aromatic N) is 1. The maximum absolute atomic E-state index is 14.0. The number of hydrogen-bond acceptors (Lipinski definition) is 6. The molecule has 2 atom stereocenters. The number of anilines is 1. The maximum atomic E-state index is 14.0. The smallest absolute Gasteiger partial charge is 0.277 e. The highest BCUT2D eigenvalue weighted by molar-refractivity contribution is 6.24. The molecule has 3 aromatic carbocycles. The standard InChI is InChI=1S/C28H26N2O5/c1-16(2)34-22-14-13-19(15-23(22)33-4)25-24(26(31)18-11-9-17(3)10-12-18)28(35-30-25)20-7-5-6-8-21(20)29-27(28)32/h5-16,24H,1-4H3,(H,29,32)/t24-,28+/m0/s1. The van der Waals surface area contributed by atoms with Gasteiger partial charge in [0.1, 0.15) is 11.6 Å². The van der Waals surface area contributed by atoms with Gasteiger partial charge in [0, 0.05) is 22.4 Å². The summed E-state index contributed by atoms with van der Waals surface area (Å²) < 4.78 is 11.4. The summed E-state index contributed by atoms with van der Waals surface area (Å²) in [6, 6.07) is 19.8. The molecule has 0 unspecified atom stereocenters. The Morgan fingerprint density at radius 3 is 2.51 bits per heavy atom. The minimum absolute atomic E-state index is 0.0419. The van der Waals surface area contributed by atoms with Gasteiger partial charge in [-0.2, -0.15) is 0 Å². The minimum atomic E-state index is -1.60. The zero-order valence-electron chi connectivity index (χ0n) is 20.0. The van der Waals surface area contributed by atoms with Crippen molar-refractivity contribution in [3.05, 3.63) is 89.0 Å². The van der Waals surface area contributed by atoms with Gasteiger partial charge in [-0.3, -0.25) is 9.59 Å². The number of Topliss-reactive ketones (excluding diaryl/α,β-unsaturated/α-hetero) is 1. The van der Waals surface area contributed by atoms with Gasteiger partial charge in [0.2, 0.25) is 0 Å². The Bertz CT molecular complexity index is 1350. The lowest BCUT2D eigenvalue weighted by Crippen LogP contribution is -2.46. The number of ketones is 1. The molecule has 0 saturated carbocycles. The third-order valence-electron chi connectivity index (χ3n) is 6.30. The topological polar surface area (TPSA) is 86.2 Å². The van der Waals surface area contributed by atoms with Crippen LogP contribution in [0.25, 0.3) is 0 Å². The quantitative estimate of drug-likeness (QED) is 0.520. The molecule has 178 valence electrons. The van der Waals surface area contributed by atoms with Crippen LogP contribution in [-0.2, 0) is 15.2 Å². The number of amides is 1. The summed E-state index contributed by atoms with van der Waals surface area (Å²) in [7, 11) is 1.55. The van der Waals surface area contributed by atoms with Crippen molar-refractivity contribution < 1.29 is 23.9 Å². The molecule has 1 spiro atoms. The molecule has 0 aliphatic carbocycles. The third-order valence-corrected chi connectivity index (χ3v) is 6.30. The van der Waals surface area contributed by atoms with E-state index in [-0.39, 0.29) is 11.9 Å². The molecule has 5 rings (SSSR count). The molecule has 2 aliphatic heterocycles. The van der Waals surface area contributed by atoms with E-state index in [2.05, 4.69) is 10.5 Å². The molecule has 7 nitrogen and oxygen atoms in total. The van der Waals surface area contributed by atoms with Gasteiger partial charge >= 0.3 is 0 Å². The van der Waals surface area contributed by atoms with Gasteiger partial charge < -0.3 is 19.6 Å². The van der Waals surface area contributed by atoms with Crippen LogP contribution >= 0.6 is 0 Å². The first-order valence-corrected chi connectivity index (χ1v) is 11.5. The summed E-state index contributed by atoms with van der Waals surface area (Å²) in [5.41, 5.74) is 2.06. The third kappa shape index (κ3) is 3.64. The molecule has 2 aliphatic rings. The highest BCUT2D eigenvalue weighted by Gasteiger charge is 2.63. The minimum Gasteiger partial charge on any atom is -0.493 e. The monoisotopic (exact) mass is 470 g/mol. The summed E-state index contributed by atoms with van der Waals surface area (Å²) in [4.78, 5) is 33.4. The molecule has 0 saturated heterocycles. The molecule has 1 amide bonds. The van der Waals surface area contributed by atoms with Crippen LogP contribution in [0.4, 0.5) is 5.69 Å². The predicted molar refractivity (Wildman–Crippen MR) is 132 cm³/mol. The van der Waals surface area contributed by atoms with Gasteiger partial charge in [-0.15, -0.1) is 0 Å². The Morgan fingerprint density at radius 1 is 1.06 bits per heavy atom. The highest BCUT2D eigenvalue weighted by atomic mass is 16.7. The Labute approximate surface area is 203 Å². The maximum Gasteiger partial charge on any atom is 0.277 e. The first kappa shape index (κ1) is 22.7. The number of carbonyl (C=O) groups is 2. The molecule has 0 radical (unpaired) electrons. The van der Waals surface area contributed by atoms with Gasteiger partial charge in [-0.1, -0.05) is 53.2 Å². The van der Waals surface area contributed by atoms with Crippen LogP contribution in [0.15, 0.2) is 71.9 Å². The number of ether oxygens (including phenoxy) is 2. The number of benzene rings is 3. The van der Waals surface area contributed by atoms with Gasteiger partial charge in [0.15, 0.2) is 17.3 Å². The molecule has 35 heavy (non-hydrogen) atoms. The number of hydrogen-bond donors (Lipinski definition) is 1. The van der Waals surface area contributed by atoms with E-state index < -0.39 is 17.4 Å². The molecule has 1 N–H and O–H groups in total. The summed E-state index contributed by atoms with van der Waals surface area (Å²) >= 11 is 0. The average molecular weight is 471 g/mol. The Balaban J connectivity index is 1.65. The van der Waals surface area contributed by atoms with E-state index in [0.717, 1.165) is 5.56 Å². The number of nitrogens with one attached hydrogen (secondary N) is 1. The number of carbonyl (C=O) groups excluding carboxylic acids is 2. The van der Waals surface area contributed by atoms with E-state index in [1.807, 2.05) is 45.0 Å². The first-order chi connectivity index (χ1) is 16.8. The lowest BCUT2D eigenvalue weighted by Gasteiger charge is -2.27. The largest absolute Gasteiger partial charge is 0.493 e. The SMILES string of the molecule is COc1cc(C2=NO[C@@]3(C(=O)Nc4ccccc43)[C@@H]2C(=O)c2ccc(C)cc2)ccc1OC(C)C. The molecule has 3 aromatic rings. The molecule has 2 heterocycles. The van der Waals surface area contributed by atoms with Crippen LogP contribution in [0.2, 0.25) is 0 Å². The number of fused-ring (bicyclic) bond motifs is 2. The average Bonchev–Trinajstić information content (AvgIpc) is 3.38. The number of rotatable bonds is 6. The number of para-hydroxylation sites is 1. The van der Waals surface area contributed by atoms with E-state index in [1.165, 1.54) is 0 Å². The molecular weight excluding hydrogens is 444 g/mol. The number of aryl methyl sites for hydroxylation is 1. The Kier molecular flexibility index (Phi) is 5.55. The van der Waals surface area contributed by atoms with Crippen molar-refractivity contribution in [1.82, 2.24) is 0 Å². The van der Waals surface area contributed by atoms with Gasteiger partial charge in [0.25, 0.3) is 11.5 Å². The van der Waals surface area contributed by atoms with Crippen molar-refractivity contribution >= 4 is 23.1 Å². The van der Waals surface area contributed by atoms with Crippen molar-refractivity contribution in [2.75, 3.05) is 12.4 Å². The summed E-state index contributed by atoms with van der Waals surface area (Å²) in [5.74, 6) is -0.608. The van der Waals surface area contributed by atoms with Gasteiger partial charge in [0.05, 0.1) is 13.2 Å². The second kappa shape index (κ2) is 8.58. The molecule has 0 fully saturated rings. The van der Waals surface area contributed by atoms with Gasteiger partial charge in [-0.05, 0) is 45.0 Å². The summed E-state index contributed by atoms with van der Waals surface area (Å²) in [6.45, 7) is 5.81. The van der Waals surface area contributed by atoms with Crippen molar-refractivity contribution in [3.63, 3.8) is 0 Å². The van der Waals surface area contributed by atoms with Crippen molar-refractivity contribution in [2.45, 2.75) is 32.5 Å². The molecule has 7 heteroatoms. The van der Waals surface area contributed by atoms with Crippen LogP contribution in [-0.4, -0.2) is 30.6 Å². The van der Waals surface area contributed by atoms with E-state index in [0.29, 0.717) is 39.6 Å². The second-order valence-electron chi connectivity index (χ2n) is 9.00. The van der Waals surface area contributed by atoms with Crippen LogP contribution in [0.1, 0.15) is 40.9 Å². The molecule has 0 aromatic heterocycles. The van der Waals surface area contributed by atoms with Crippen molar-refractivity contribution in [1.29, 1.82) is 0 Å².